The molecule has 0 unspecified atom stereocenters. The number of fused-ring (bicyclic) bond motifs is 3. The average Bonchev–Trinajstić information content (AvgIpc) is 3.04. The largest absolute Gasteiger partial charge is 0.461 e. The molecule has 4 nitrogen and oxygen atoms in total. The van der Waals surface area contributed by atoms with Crippen molar-refractivity contribution in [2.75, 3.05) is 4.72 Å². The highest BCUT2D eigenvalue weighted by Gasteiger charge is 2.33. The maximum absolute atomic E-state index is 13.0. The van der Waals surface area contributed by atoms with E-state index in [0.29, 0.717) is 16.5 Å². The molecule has 30 heavy (non-hydrogen) atoms. The summed E-state index contributed by atoms with van der Waals surface area (Å²) in [6.07, 6.45) is 4.21. The Morgan fingerprint density at radius 3 is 2.60 bits per heavy atom. The summed E-state index contributed by atoms with van der Waals surface area (Å²) < 4.78 is 34.8. The molecule has 1 N–H and O–H groups in total. The fraction of sp³-hybridized carbons (Fsp3) is 0.440. The Kier molecular flexibility index (Phi) is 5.21. The molecule has 2 aromatic carbocycles. The van der Waals surface area contributed by atoms with E-state index in [-0.39, 0.29) is 5.41 Å². The molecule has 3 aromatic rings. The van der Waals surface area contributed by atoms with E-state index in [1.54, 1.807) is 12.1 Å². The molecule has 0 spiro atoms. The number of aryl methyl sites for hydroxylation is 3. The van der Waals surface area contributed by atoms with E-state index in [9.17, 15) is 8.42 Å². The molecule has 1 heterocycles. The zero-order valence-corrected chi connectivity index (χ0v) is 19.3. The van der Waals surface area contributed by atoms with E-state index >= 15 is 0 Å². The summed E-state index contributed by atoms with van der Waals surface area (Å²) in [6.45, 7) is 10.7. The maximum atomic E-state index is 13.0. The van der Waals surface area contributed by atoms with Crippen molar-refractivity contribution >= 4 is 26.7 Å². The maximum Gasteiger partial charge on any atom is 0.262 e. The highest BCUT2D eigenvalue weighted by Crippen LogP contribution is 2.43. The molecule has 0 fully saturated rings. The third kappa shape index (κ3) is 3.76. The lowest BCUT2D eigenvalue weighted by Crippen LogP contribution is -2.28. The van der Waals surface area contributed by atoms with Crippen LogP contribution in [0.25, 0.3) is 11.0 Å². The van der Waals surface area contributed by atoms with Crippen LogP contribution in [0.3, 0.4) is 0 Å². The standard InChI is InChI=1S/C25H31NO3S/c1-6-25(4,5)18-8-10-22-20(14-18)21-15-19(9-11-23(21)29-22)26-30(27,28)24-12-7-16(2)13-17(24)3/h7,9,11-13,15,18,26H,6,8,10,14H2,1-5H3/t18-/m0/s1. The van der Waals surface area contributed by atoms with Crippen LogP contribution in [-0.4, -0.2) is 8.42 Å². The second kappa shape index (κ2) is 7.45. The van der Waals surface area contributed by atoms with Crippen LogP contribution in [0, 0.1) is 25.2 Å². The minimum absolute atomic E-state index is 0.281. The lowest BCUT2D eigenvalue weighted by Gasteiger charge is -2.36. The molecular formula is C25H31NO3S. The van der Waals surface area contributed by atoms with Gasteiger partial charge in [-0.2, -0.15) is 0 Å². The molecule has 0 saturated carbocycles. The number of furan rings is 1. The summed E-state index contributed by atoms with van der Waals surface area (Å²) in [4.78, 5) is 0.312. The molecule has 0 radical (unpaired) electrons. The van der Waals surface area contributed by atoms with E-state index in [0.717, 1.165) is 53.5 Å². The number of hydrogen-bond donors (Lipinski definition) is 1. The van der Waals surface area contributed by atoms with Crippen molar-refractivity contribution < 1.29 is 12.8 Å². The van der Waals surface area contributed by atoms with Gasteiger partial charge in [0, 0.05) is 23.1 Å². The minimum atomic E-state index is -3.65. The molecule has 5 heteroatoms. The Hall–Kier alpha value is -2.27. The molecule has 1 atom stereocenters. The first-order chi connectivity index (χ1) is 14.1. The van der Waals surface area contributed by atoms with Gasteiger partial charge in [-0.1, -0.05) is 44.9 Å². The highest BCUT2D eigenvalue weighted by atomic mass is 32.2. The molecule has 4 rings (SSSR count). The molecular weight excluding hydrogens is 394 g/mol. The van der Waals surface area contributed by atoms with Crippen molar-refractivity contribution in [2.45, 2.75) is 65.2 Å². The monoisotopic (exact) mass is 425 g/mol. The molecule has 0 saturated heterocycles. The van der Waals surface area contributed by atoms with Gasteiger partial charge in [0.1, 0.15) is 11.3 Å². The quantitative estimate of drug-likeness (QED) is 0.515. The summed E-state index contributed by atoms with van der Waals surface area (Å²) in [5.74, 6) is 1.66. The van der Waals surface area contributed by atoms with Gasteiger partial charge < -0.3 is 4.42 Å². The zero-order chi connectivity index (χ0) is 21.7. The SMILES string of the molecule is CCC(C)(C)[C@H]1CCc2oc3ccc(NS(=O)(=O)c4ccc(C)cc4C)cc3c2C1. The first kappa shape index (κ1) is 21.0. The Bertz CT molecular complexity index is 1200. The van der Waals surface area contributed by atoms with E-state index in [1.165, 1.54) is 5.56 Å². The van der Waals surface area contributed by atoms with E-state index in [4.69, 9.17) is 4.42 Å². The van der Waals surface area contributed by atoms with Gasteiger partial charge in [0.2, 0.25) is 0 Å². The smallest absolute Gasteiger partial charge is 0.262 e. The van der Waals surface area contributed by atoms with Gasteiger partial charge in [0.15, 0.2) is 0 Å². The summed E-state index contributed by atoms with van der Waals surface area (Å²) in [7, 11) is -3.65. The van der Waals surface area contributed by atoms with Gasteiger partial charge >= 0.3 is 0 Å². The van der Waals surface area contributed by atoms with Crippen molar-refractivity contribution in [2.24, 2.45) is 11.3 Å². The molecule has 0 aliphatic heterocycles. The van der Waals surface area contributed by atoms with E-state index < -0.39 is 10.0 Å². The van der Waals surface area contributed by atoms with Crippen LogP contribution in [-0.2, 0) is 22.9 Å². The fourth-order valence-corrected chi connectivity index (χ4v) is 5.89. The minimum Gasteiger partial charge on any atom is -0.461 e. The van der Waals surface area contributed by atoms with Crippen molar-refractivity contribution in [1.82, 2.24) is 0 Å². The lowest BCUT2D eigenvalue weighted by atomic mass is 9.69. The van der Waals surface area contributed by atoms with Gasteiger partial charge in [-0.15, -0.1) is 0 Å². The van der Waals surface area contributed by atoms with Crippen LogP contribution in [0.2, 0.25) is 0 Å². The first-order valence-corrected chi connectivity index (χ1v) is 12.2. The molecule has 1 aliphatic carbocycles. The van der Waals surface area contributed by atoms with Crippen molar-refractivity contribution in [1.29, 1.82) is 0 Å². The van der Waals surface area contributed by atoms with Crippen LogP contribution in [0.4, 0.5) is 5.69 Å². The van der Waals surface area contributed by atoms with Crippen LogP contribution in [0.15, 0.2) is 45.7 Å². The van der Waals surface area contributed by atoms with Gasteiger partial charge in [0.25, 0.3) is 10.0 Å². The Morgan fingerprint density at radius 2 is 1.90 bits per heavy atom. The van der Waals surface area contributed by atoms with Crippen molar-refractivity contribution in [3.63, 3.8) is 0 Å². The number of rotatable bonds is 5. The zero-order valence-electron chi connectivity index (χ0n) is 18.5. The van der Waals surface area contributed by atoms with E-state index in [1.807, 2.05) is 38.1 Å². The van der Waals surface area contributed by atoms with E-state index in [2.05, 4.69) is 25.5 Å². The predicted molar refractivity (Wildman–Crippen MR) is 123 cm³/mol. The Labute approximate surface area is 179 Å². The molecule has 160 valence electrons. The van der Waals surface area contributed by atoms with Gasteiger partial charge in [-0.05, 0) is 67.9 Å². The third-order valence-corrected chi connectivity index (χ3v) is 8.47. The number of anilines is 1. The van der Waals surface area contributed by atoms with Crippen LogP contribution in [0.5, 0.6) is 0 Å². The summed E-state index contributed by atoms with van der Waals surface area (Å²) in [5, 5.41) is 1.03. The summed E-state index contributed by atoms with van der Waals surface area (Å²) >= 11 is 0. The Morgan fingerprint density at radius 1 is 1.13 bits per heavy atom. The Balaban J connectivity index is 1.68. The van der Waals surface area contributed by atoms with Gasteiger partial charge in [0.05, 0.1) is 4.90 Å². The predicted octanol–water partition coefficient (Wildman–Crippen LogP) is 6.39. The van der Waals surface area contributed by atoms with Crippen molar-refractivity contribution in [3.05, 3.63) is 58.8 Å². The third-order valence-electron chi connectivity index (χ3n) is 6.93. The normalized spacial score (nSPS) is 17.2. The van der Waals surface area contributed by atoms with Gasteiger partial charge in [-0.3, -0.25) is 4.72 Å². The topological polar surface area (TPSA) is 59.3 Å². The number of nitrogens with one attached hydrogen (secondary N) is 1. The summed E-state index contributed by atoms with van der Waals surface area (Å²) in [5.41, 5.74) is 4.72. The number of sulfonamides is 1. The second-order valence-electron chi connectivity index (χ2n) is 9.37. The lowest BCUT2D eigenvalue weighted by molar-refractivity contribution is 0.179. The van der Waals surface area contributed by atoms with Crippen LogP contribution in [0.1, 0.15) is 56.1 Å². The first-order valence-electron chi connectivity index (χ1n) is 10.7. The van der Waals surface area contributed by atoms with Gasteiger partial charge in [-0.25, -0.2) is 8.42 Å². The molecule has 0 bridgehead atoms. The number of hydrogen-bond acceptors (Lipinski definition) is 3. The van der Waals surface area contributed by atoms with Crippen LogP contribution < -0.4 is 4.72 Å². The average molecular weight is 426 g/mol. The second-order valence-corrected chi connectivity index (χ2v) is 11.0. The summed E-state index contributed by atoms with van der Waals surface area (Å²) in [6, 6.07) is 11.0. The number of benzene rings is 2. The molecule has 0 amide bonds. The molecule has 1 aliphatic rings. The fourth-order valence-electron chi connectivity index (χ4n) is 4.61. The van der Waals surface area contributed by atoms with Crippen LogP contribution >= 0.6 is 0 Å². The highest BCUT2D eigenvalue weighted by molar-refractivity contribution is 7.92. The van der Waals surface area contributed by atoms with Crippen molar-refractivity contribution in [3.8, 4) is 0 Å². The molecule has 1 aromatic heterocycles.